The summed E-state index contributed by atoms with van der Waals surface area (Å²) in [6.45, 7) is 14.0. The van der Waals surface area contributed by atoms with Crippen LogP contribution in [0.25, 0.3) is 0 Å². The van der Waals surface area contributed by atoms with Gasteiger partial charge in [0.15, 0.2) is 5.79 Å². The predicted molar refractivity (Wildman–Crippen MR) is 79.3 cm³/mol. The molecule has 1 saturated heterocycles. The normalized spacial score (nSPS) is 58.5. The molecular weight excluding hydrogens is 248 g/mol. The van der Waals surface area contributed by atoms with Crippen molar-refractivity contribution in [3.63, 3.8) is 0 Å². The van der Waals surface area contributed by atoms with Crippen LogP contribution < -0.4 is 0 Å². The van der Waals surface area contributed by atoms with Gasteiger partial charge in [0.2, 0.25) is 0 Å². The quantitative estimate of drug-likeness (QED) is 0.654. The Labute approximate surface area is 123 Å². The second-order valence-electron chi connectivity index (χ2n) is 9.34. The van der Waals surface area contributed by atoms with E-state index in [1.807, 2.05) is 0 Å². The lowest BCUT2D eigenvalue weighted by atomic mass is 9.63. The van der Waals surface area contributed by atoms with E-state index in [2.05, 4.69) is 41.5 Å². The van der Waals surface area contributed by atoms with Gasteiger partial charge in [-0.25, -0.2) is 0 Å². The Morgan fingerprint density at radius 3 is 2.30 bits per heavy atom. The molecule has 1 aliphatic heterocycles. The van der Waals surface area contributed by atoms with Gasteiger partial charge in [0, 0.05) is 0 Å². The molecule has 4 aliphatic rings. The van der Waals surface area contributed by atoms with E-state index >= 15 is 0 Å². The number of rotatable bonds is 0. The van der Waals surface area contributed by atoms with Gasteiger partial charge in [0.05, 0.1) is 11.7 Å². The van der Waals surface area contributed by atoms with Crippen molar-refractivity contribution in [3.05, 3.63) is 0 Å². The maximum absolute atomic E-state index is 6.48. The molecule has 2 nitrogen and oxygen atoms in total. The first-order valence-electron chi connectivity index (χ1n) is 8.50. The summed E-state index contributed by atoms with van der Waals surface area (Å²) in [6, 6.07) is 0. The Hall–Kier alpha value is -0.0800. The minimum Gasteiger partial charge on any atom is -0.344 e. The Morgan fingerprint density at radius 1 is 0.900 bits per heavy atom. The van der Waals surface area contributed by atoms with Gasteiger partial charge in [-0.05, 0) is 75.0 Å². The van der Waals surface area contributed by atoms with Gasteiger partial charge in [-0.1, -0.05) is 20.8 Å². The molecule has 6 atom stereocenters. The molecule has 2 heteroatoms. The molecule has 1 unspecified atom stereocenters. The molecule has 4 fully saturated rings. The van der Waals surface area contributed by atoms with Crippen molar-refractivity contribution < 1.29 is 9.47 Å². The van der Waals surface area contributed by atoms with E-state index in [4.69, 9.17) is 9.47 Å². The minimum absolute atomic E-state index is 0.0810. The van der Waals surface area contributed by atoms with E-state index < -0.39 is 5.79 Å². The Bertz CT molecular complexity index is 454. The van der Waals surface area contributed by atoms with Crippen LogP contribution in [0.5, 0.6) is 0 Å². The molecule has 0 N–H and O–H groups in total. The molecule has 20 heavy (non-hydrogen) atoms. The number of fused-ring (bicyclic) bond motifs is 3. The third kappa shape index (κ3) is 1.34. The van der Waals surface area contributed by atoms with Crippen LogP contribution in [0.3, 0.4) is 0 Å². The topological polar surface area (TPSA) is 18.5 Å². The summed E-state index contributed by atoms with van der Waals surface area (Å²) >= 11 is 0. The van der Waals surface area contributed by atoms with Crippen molar-refractivity contribution in [1.29, 1.82) is 0 Å². The van der Waals surface area contributed by atoms with E-state index in [9.17, 15) is 0 Å². The lowest BCUT2D eigenvalue weighted by Gasteiger charge is -2.47. The zero-order valence-corrected chi connectivity index (χ0v) is 14.0. The van der Waals surface area contributed by atoms with Gasteiger partial charge in [0.1, 0.15) is 0 Å². The summed E-state index contributed by atoms with van der Waals surface area (Å²) in [7, 11) is 0. The molecule has 0 aromatic carbocycles. The largest absolute Gasteiger partial charge is 0.344 e. The van der Waals surface area contributed by atoms with Crippen molar-refractivity contribution in [3.8, 4) is 0 Å². The summed E-state index contributed by atoms with van der Waals surface area (Å²) in [4.78, 5) is 0. The fraction of sp³-hybridized carbons (Fsp3) is 1.00. The molecule has 3 saturated carbocycles. The average molecular weight is 278 g/mol. The molecule has 0 aromatic rings. The van der Waals surface area contributed by atoms with E-state index in [1.165, 1.54) is 25.7 Å². The van der Waals surface area contributed by atoms with Gasteiger partial charge in [0.25, 0.3) is 0 Å². The first-order chi connectivity index (χ1) is 9.12. The van der Waals surface area contributed by atoms with Crippen molar-refractivity contribution >= 4 is 0 Å². The summed E-state index contributed by atoms with van der Waals surface area (Å²) in [6.07, 6.45) is 5.70. The first-order valence-corrected chi connectivity index (χ1v) is 8.50. The van der Waals surface area contributed by atoms with Gasteiger partial charge < -0.3 is 9.47 Å². The molecule has 114 valence electrons. The number of ether oxygens (including phenoxy) is 2. The van der Waals surface area contributed by atoms with Crippen LogP contribution in [0.15, 0.2) is 0 Å². The summed E-state index contributed by atoms with van der Waals surface area (Å²) in [5, 5.41) is 0. The lowest BCUT2D eigenvalue weighted by Crippen LogP contribution is -2.52. The second-order valence-corrected chi connectivity index (χ2v) is 9.34. The van der Waals surface area contributed by atoms with Gasteiger partial charge in [-0.3, -0.25) is 0 Å². The van der Waals surface area contributed by atoms with E-state index in [0.29, 0.717) is 22.9 Å². The van der Waals surface area contributed by atoms with E-state index in [1.54, 1.807) is 0 Å². The Balaban J connectivity index is 1.82. The third-order valence-corrected chi connectivity index (χ3v) is 7.73. The van der Waals surface area contributed by atoms with Crippen molar-refractivity contribution in [2.24, 2.45) is 28.6 Å². The van der Waals surface area contributed by atoms with Crippen molar-refractivity contribution in [1.82, 2.24) is 0 Å². The Morgan fingerprint density at radius 2 is 1.60 bits per heavy atom. The molecule has 4 rings (SSSR count). The summed E-state index contributed by atoms with van der Waals surface area (Å²) in [5.74, 6) is 1.96. The molecule has 0 aromatic heterocycles. The monoisotopic (exact) mass is 278 g/mol. The van der Waals surface area contributed by atoms with Crippen molar-refractivity contribution in [2.75, 3.05) is 0 Å². The molecule has 0 amide bonds. The molecule has 1 heterocycles. The van der Waals surface area contributed by atoms with Crippen LogP contribution in [0, 0.1) is 28.6 Å². The molecular formula is C18H30O2. The highest BCUT2D eigenvalue weighted by molar-refractivity contribution is 5.21. The third-order valence-electron chi connectivity index (χ3n) is 7.73. The molecule has 2 bridgehead atoms. The van der Waals surface area contributed by atoms with Crippen molar-refractivity contribution in [2.45, 2.75) is 84.7 Å². The van der Waals surface area contributed by atoms with Gasteiger partial charge in [-0.15, -0.1) is 0 Å². The number of hydrogen-bond donors (Lipinski definition) is 0. The highest BCUT2D eigenvalue weighted by Gasteiger charge is 2.73. The van der Waals surface area contributed by atoms with Crippen LogP contribution in [-0.2, 0) is 9.47 Å². The van der Waals surface area contributed by atoms with Crippen LogP contribution in [0.4, 0.5) is 0 Å². The fourth-order valence-corrected chi connectivity index (χ4v) is 7.01. The standard InChI is InChI=1S/C18H30O2/c1-11-7-8-12-15(2,3)13-9-18(11,12)10-14-17(13,6)20-16(4,5)19-14/h11-14H,7-10H2,1-6H3/t11?,12-,13+,14-,17+,18+/m0/s1. The first kappa shape index (κ1) is 13.6. The second kappa shape index (κ2) is 3.46. The SMILES string of the molecule is CC1CC[C@H]2C(C)(C)[C@H]3C[C@@]12C[C@@H]1OC(C)(C)O[C@@]13C. The summed E-state index contributed by atoms with van der Waals surface area (Å²) in [5.41, 5.74) is 0.836. The molecule has 1 spiro atoms. The smallest absolute Gasteiger partial charge is 0.164 e. The fourth-order valence-electron chi connectivity index (χ4n) is 7.01. The zero-order valence-electron chi connectivity index (χ0n) is 14.0. The van der Waals surface area contributed by atoms with E-state index in [0.717, 1.165) is 11.8 Å². The Kier molecular flexibility index (Phi) is 2.35. The maximum Gasteiger partial charge on any atom is 0.164 e. The van der Waals surface area contributed by atoms with E-state index in [-0.39, 0.29) is 5.60 Å². The highest BCUT2D eigenvalue weighted by atomic mass is 16.8. The van der Waals surface area contributed by atoms with Crippen LogP contribution in [0.1, 0.15) is 67.2 Å². The van der Waals surface area contributed by atoms with Crippen LogP contribution in [0.2, 0.25) is 0 Å². The highest BCUT2D eigenvalue weighted by Crippen LogP contribution is 2.75. The molecule has 0 radical (unpaired) electrons. The van der Waals surface area contributed by atoms with Crippen LogP contribution in [-0.4, -0.2) is 17.5 Å². The summed E-state index contributed by atoms with van der Waals surface area (Å²) < 4.78 is 12.8. The lowest BCUT2D eigenvalue weighted by molar-refractivity contribution is -0.177. The molecule has 3 aliphatic carbocycles. The minimum atomic E-state index is -0.409. The zero-order chi connectivity index (χ0) is 14.6. The maximum atomic E-state index is 6.48. The average Bonchev–Trinajstić information content (AvgIpc) is 2.80. The predicted octanol–water partition coefficient (Wildman–Crippen LogP) is 4.38. The number of hydrogen-bond acceptors (Lipinski definition) is 2. The van der Waals surface area contributed by atoms with Gasteiger partial charge in [-0.2, -0.15) is 0 Å². The van der Waals surface area contributed by atoms with Crippen LogP contribution >= 0.6 is 0 Å². The van der Waals surface area contributed by atoms with Gasteiger partial charge >= 0.3 is 0 Å².